The Labute approximate surface area is 97.3 Å². The first-order valence-electron chi connectivity index (χ1n) is 5.60. The highest BCUT2D eigenvalue weighted by atomic mass is 14.1. The highest BCUT2D eigenvalue weighted by molar-refractivity contribution is 5.68. The monoisotopic (exact) mass is 208 g/mol. The van der Waals surface area contributed by atoms with Crippen molar-refractivity contribution in [1.29, 1.82) is 0 Å². The molecule has 0 saturated heterocycles. The van der Waals surface area contributed by atoms with Crippen molar-refractivity contribution in [3.63, 3.8) is 0 Å². The molecule has 2 rings (SSSR count). The predicted octanol–water partition coefficient (Wildman–Crippen LogP) is 4.64. The zero-order valence-corrected chi connectivity index (χ0v) is 9.56. The molecule has 0 aliphatic heterocycles. The summed E-state index contributed by atoms with van der Waals surface area (Å²) in [5.74, 6) is 0.386. The van der Waals surface area contributed by atoms with E-state index in [0.717, 1.165) is 0 Å². The van der Waals surface area contributed by atoms with E-state index in [1.165, 1.54) is 16.7 Å². The number of benzene rings is 2. The molecule has 16 heavy (non-hydrogen) atoms. The van der Waals surface area contributed by atoms with Crippen LogP contribution in [0, 0.1) is 0 Å². The Morgan fingerprint density at radius 1 is 0.938 bits per heavy atom. The molecule has 0 radical (unpaired) electrons. The van der Waals surface area contributed by atoms with Gasteiger partial charge in [-0.3, -0.25) is 0 Å². The highest BCUT2D eigenvalue weighted by Crippen LogP contribution is 2.29. The van der Waals surface area contributed by atoms with Crippen LogP contribution in [0.25, 0.3) is 11.1 Å². The second kappa shape index (κ2) is 4.80. The summed E-state index contributed by atoms with van der Waals surface area (Å²) in [4.78, 5) is 0. The lowest BCUT2D eigenvalue weighted by molar-refractivity contribution is 0.974. The fourth-order valence-corrected chi connectivity index (χ4v) is 1.90. The summed E-state index contributed by atoms with van der Waals surface area (Å²) in [5, 5.41) is 0. The van der Waals surface area contributed by atoms with Gasteiger partial charge in [0, 0.05) is 0 Å². The molecular formula is C16H16. The van der Waals surface area contributed by atoms with Gasteiger partial charge in [-0.05, 0) is 22.6 Å². The van der Waals surface area contributed by atoms with E-state index in [0.29, 0.717) is 5.92 Å². The lowest BCUT2D eigenvalue weighted by Crippen LogP contribution is -1.92. The quantitative estimate of drug-likeness (QED) is 0.644. The van der Waals surface area contributed by atoms with E-state index in [1.807, 2.05) is 12.1 Å². The van der Waals surface area contributed by atoms with Crippen LogP contribution in [0.5, 0.6) is 0 Å². The smallest absolute Gasteiger partial charge is 0.000697 e. The second-order valence-corrected chi connectivity index (χ2v) is 3.98. The van der Waals surface area contributed by atoms with Gasteiger partial charge in [0.15, 0.2) is 0 Å². The van der Waals surface area contributed by atoms with E-state index < -0.39 is 0 Å². The molecule has 0 nitrogen and oxygen atoms in total. The normalized spacial score (nSPS) is 12.1. The van der Waals surface area contributed by atoms with Gasteiger partial charge < -0.3 is 0 Å². The first-order valence-corrected chi connectivity index (χ1v) is 5.60. The molecule has 0 N–H and O–H groups in total. The number of allylic oxidation sites excluding steroid dienone is 1. The van der Waals surface area contributed by atoms with E-state index in [1.54, 1.807) is 0 Å². The van der Waals surface area contributed by atoms with Crippen LogP contribution < -0.4 is 0 Å². The van der Waals surface area contributed by atoms with Crippen LogP contribution >= 0.6 is 0 Å². The lowest BCUT2D eigenvalue weighted by Gasteiger charge is -2.13. The molecule has 80 valence electrons. The maximum atomic E-state index is 3.87. The molecule has 0 aliphatic rings. The third-order valence-corrected chi connectivity index (χ3v) is 2.89. The third-order valence-electron chi connectivity index (χ3n) is 2.89. The van der Waals surface area contributed by atoms with Gasteiger partial charge in [0.1, 0.15) is 0 Å². The van der Waals surface area contributed by atoms with Crippen LogP contribution in [0.2, 0.25) is 0 Å². The van der Waals surface area contributed by atoms with E-state index >= 15 is 0 Å². The number of hydrogen-bond acceptors (Lipinski definition) is 0. The largest absolute Gasteiger partial charge is 0.102 e. The Balaban J connectivity index is 2.53. The Hall–Kier alpha value is -1.82. The summed E-state index contributed by atoms with van der Waals surface area (Å²) in [6.45, 7) is 6.05. The molecule has 0 fully saturated rings. The van der Waals surface area contributed by atoms with Crippen molar-refractivity contribution in [2.75, 3.05) is 0 Å². The molecular weight excluding hydrogens is 192 g/mol. The Morgan fingerprint density at radius 3 is 2.25 bits per heavy atom. The van der Waals surface area contributed by atoms with Gasteiger partial charge in [-0.1, -0.05) is 67.6 Å². The fourth-order valence-electron chi connectivity index (χ4n) is 1.90. The molecule has 2 aromatic carbocycles. The van der Waals surface area contributed by atoms with Crippen LogP contribution in [-0.4, -0.2) is 0 Å². The molecule has 0 spiro atoms. The summed E-state index contributed by atoms with van der Waals surface area (Å²) in [6.07, 6.45) is 1.99. The van der Waals surface area contributed by atoms with E-state index in [-0.39, 0.29) is 0 Å². The molecule has 0 amide bonds. The Bertz CT molecular complexity index is 468. The minimum atomic E-state index is 0.386. The van der Waals surface area contributed by atoms with Crippen LogP contribution in [0.4, 0.5) is 0 Å². The van der Waals surface area contributed by atoms with Crippen molar-refractivity contribution in [1.82, 2.24) is 0 Å². The van der Waals surface area contributed by atoms with Crippen molar-refractivity contribution in [3.05, 3.63) is 72.8 Å². The number of hydrogen-bond donors (Lipinski definition) is 0. The van der Waals surface area contributed by atoms with Gasteiger partial charge in [-0.2, -0.15) is 0 Å². The zero-order valence-electron chi connectivity index (χ0n) is 9.56. The fraction of sp³-hybridized carbons (Fsp3) is 0.125. The first kappa shape index (κ1) is 10.7. The van der Waals surface area contributed by atoms with Crippen molar-refractivity contribution in [2.24, 2.45) is 0 Å². The van der Waals surface area contributed by atoms with Crippen molar-refractivity contribution >= 4 is 0 Å². The van der Waals surface area contributed by atoms with Gasteiger partial charge in [-0.25, -0.2) is 0 Å². The molecule has 0 aliphatic carbocycles. The zero-order chi connectivity index (χ0) is 11.4. The van der Waals surface area contributed by atoms with Crippen molar-refractivity contribution in [2.45, 2.75) is 12.8 Å². The van der Waals surface area contributed by atoms with Crippen LogP contribution in [-0.2, 0) is 0 Å². The molecule has 0 heterocycles. The minimum Gasteiger partial charge on any atom is -0.102 e. The average Bonchev–Trinajstić information content (AvgIpc) is 2.39. The van der Waals surface area contributed by atoms with Crippen LogP contribution in [0.15, 0.2) is 67.3 Å². The van der Waals surface area contributed by atoms with Gasteiger partial charge in [0.05, 0.1) is 0 Å². The SMILES string of the molecule is C=CC(C)c1ccccc1-c1ccccc1. The van der Waals surface area contributed by atoms with E-state index in [9.17, 15) is 0 Å². The topological polar surface area (TPSA) is 0 Å². The molecule has 2 aromatic rings. The summed E-state index contributed by atoms with van der Waals surface area (Å²) < 4.78 is 0. The first-order chi connectivity index (χ1) is 7.83. The van der Waals surface area contributed by atoms with Crippen LogP contribution in [0.1, 0.15) is 18.4 Å². The van der Waals surface area contributed by atoms with Crippen LogP contribution in [0.3, 0.4) is 0 Å². The molecule has 1 atom stereocenters. The Kier molecular flexibility index (Phi) is 3.21. The Morgan fingerprint density at radius 2 is 1.56 bits per heavy atom. The van der Waals surface area contributed by atoms with Gasteiger partial charge in [-0.15, -0.1) is 6.58 Å². The molecule has 1 unspecified atom stereocenters. The molecule has 0 saturated carbocycles. The average molecular weight is 208 g/mol. The molecule has 0 heteroatoms. The summed E-state index contributed by atoms with van der Waals surface area (Å²) in [6, 6.07) is 19.0. The van der Waals surface area contributed by atoms with Gasteiger partial charge in [0.25, 0.3) is 0 Å². The molecule has 0 aromatic heterocycles. The second-order valence-electron chi connectivity index (χ2n) is 3.98. The standard InChI is InChI=1S/C16H16/c1-3-13(2)15-11-7-8-12-16(15)14-9-5-4-6-10-14/h3-13H,1H2,2H3. The van der Waals surface area contributed by atoms with Gasteiger partial charge in [0.2, 0.25) is 0 Å². The van der Waals surface area contributed by atoms with Gasteiger partial charge >= 0.3 is 0 Å². The number of rotatable bonds is 3. The maximum absolute atomic E-state index is 3.87. The predicted molar refractivity (Wildman–Crippen MR) is 70.5 cm³/mol. The summed E-state index contributed by atoms with van der Waals surface area (Å²) in [7, 11) is 0. The van der Waals surface area contributed by atoms with E-state index in [2.05, 4.69) is 62.0 Å². The minimum absolute atomic E-state index is 0.386. The molecule has 0 bridgehead atoms. The van der Waals surface area contributed by atoms with Crippen molar-refractivity contribution in [3.8, 4) is 11.1 Å². The lowest BCUT2D eigenvalue weighted by atomic mass is 9.92. The third kappa shape index (κ3) is 2.06. The highest BCUT2D eigenvalue weighted by Gasteiger charge is 2.07. The summed E-state index contributed by atoms with van der Waals surface area (Å²) in [5.41, 5.74) is 3.91. The summed E-state index contributed by atoms with van der Waals surface area (Å²) >= 11 is 0. The van der Waals surface area contributed by atoms with Crippen molar-refractivity contribution < 1.29 is 0 Å². The maximum Gasteiger partial charge on any atom is -0.000697 e. The van der Waals surface area contributed by atoms with E-state index in [4.69, 9.17) is 0 Å².